The zero-order chi connectivity index (χ0) is 22.0. The van der Waals surface area contributed by atoms with Gasteiger partial charge in [0.15, 0.2) is 0 Å². The Bertz CT molecular complexity index is 896. The molecule has 0 fully saturated rings. The molecule has 0 bridgehead atoms. The summed E-state index contributed by atoms with van der Waals surface area (Å²) in [6, 6.07) is 9.02. The van der Waals surface area contributed by atoms with Crippen molar-refractivity contribution in [2.45, 2.75) is 58.0 Å². The van der Waals surface area contributed by atoms with Gasteiger partial charge in [0.25, 0.3) is 0 Å². The van der Waals surface area contributed by atoms with Crippen LogP contribution < -0.4 is 5.10 Å². The number of alkyl halides is 3. The van der Waals surface area contributed by atoms with Gasteiger partial charge in [-0.25, -0.2) is 0 Å². The molecule has 0 aliphatic carbocycles. The van der Waals surface area contributed by atoms with Gasteiger partial charge in [0.1, 0.15) is 5.69 Å². The first kappa shape index (κ1) is 27.8. The summed E-state index contributed by atoms with van der Waals surface area (Å²) in [4.78, 5) is 6.90. The quantitative estimate of drug-likeness (QED) is 0.158. The van der Waals surface area contributed by atoms with Crippen LogP contribution in [0.4, 0.5) is 13.2 Å². The minimum atomic E-state index is -4.49. The second-order valence-electron chi connectivity index (χ2n) is 6.84. The summed E-state index contributed by atoms with van der Waals surface area (Å²) in [5, 5.41) is 6.84. The van der Waals surface area contributed by atoms with Gasteiger partial charge in [0.2, 0.25) is 0 Å². The first-order valence-corrected chi connectivity index (χ1v) is 12.7. The van der Waals surface area contributed by atoms with E-state index in [2.05, 4.69) is 43.9 Å². The van der Waals surface area contributed by atoms with Gasteiger partial charge in [-0.15, -0.1) is 11.3 Å². The van der Waals surface area contributed by atoms with Crippen molar-refractivity contribution in [2.24, 2.45) is 0 Å². The number of unbranched alkanes of at least 4 members (excludes halogenated alkanes) is 3. The van der Waals surface area contributed by atoms with Crippen LogP contribution in [-0.4, -0.2) is 10.1 Å². The van der Waals surface area contributed by atoms with Crippen molar-refractivity contribution in [3.8, 4) is 11.4 Å². The molecule has 0 radical (unpaired) electrons. The molecule has 9 heteroatoms. The van der Waals surface area contributed by atoms with Crippen LogP contribution in [0.1, 0.15) is 53.6 Å². The maximum atomic E-state index is 12.7. The second kappa shape index (κ2) is 14.0. The van der Waals surface area contributed by atoms with Gasteiger partial charge < -0.3 is 17.6 Å². The molecule has 0 spiro atoms. The molecule has 3 aromatic rings. The van der Waals surface area contributed by atoms with Crippen LogP contribution in [0.5, 0.6) is 0 Å². The molecular weight excluding hydrogens is 532 g/mol. The number of aromatic nitrogens is 3. The molecule has 0 aliphatic rings. The maximum absolute atomic E-state index is 12.7. The SMILES string of the molecule is CCCCCCc1ccc(CCc2ccnc(-c3cc(C(F)(F)F)n[n-]3)c2)s1.[CH3-].[Cl][Ru+2]. The van der Waals surface area contributed by atoms with Crippen LogP contribution in [-0.2, 0) is 42.8 Å². The Morgan fingerprint density at radius 3 is 2.35 bits per heavy atom. The van der Waals surface area contributed by atoms with Crippen LogP contribution in [0.2, 0.25) is 0 Å². The summed E-state index contributed by atoms with van der Waals surface area (Å²) in [6.07, 6.45) is 5.04. The number of thiophene rings is 1. The van der Waals surface area contributed by atoms with E-state index in [1.165, 1.54) is 35.4 Å². The summed E-state index contributed by atoms with van der Waals surface area (Å²) in [5.41, 5.74) is 0.613. The zero-order valence-corrected chi connectivity index (χ0v) is 20.8. The number of hydrogen-bond donors (Lipinski definition) is 0. The third-order valence-corrected chi connectivity index (χ3v) is 5.78. The molecule has 0 saturated carbocycles. The molecule has 0 unspecified atom stereocenters. The first-order chi connectivity index (χ1) is 14.5. The normalized spacial score (nSPS) is 10.9. The average Bonchev–Trinajstić information content (AvgIpc) is 3.41. The molecule has 3 nitrogen and oxygen atoms in total. The molecule has 0 aliphatic heterocycles. The molecule has 0 saturated heterocycles. The third kappa shape index (κ3) is 9.03. The molecule has 0 N–H and O–H groups in total. The summed E-state index contributed by atoms with van der Waals surface area (Å²) >= 11 is 3.68. The van der Waals surface area contributed by atoms with Crippen LogP contribution in [0.15, 0.2) is 36.5 Å². The van der Waals surface area contributed by atoms with Gasteiger partial charge in [-0.3, -0.25) is 4.98 Å². The topological polar surface area (TPSA) is 39.9 Å². The predicted molar refractivity (Wildman–Crippen MR) is 118 cm³/mol. The molecule has 3 rings (SSSR count). The Hall–Kier alpha value is -1.24. The van der Waals surface area contributed by atoms with Crippen molar-refractivity contribution in [1.29, 1.82) is 0 Å². The summed E-state index contributed by atoms with van der Waals surface area (Å²) in [7, 11) is 4.57. The van der Waals surface area contributed by atoms with Crippen LogP contribution in [0, 0.1) is 7.43 Å². The minimum absolute atomic E-state index is 0. The van der Waals surface area contributed by atoms with E-state index in [-0.39, 0.29) is 13.1 Å². The van der Waals surface area contributed by atoms with Gasteiger partial charge in [0.05, 0.1) is 0 Å². The number of halogens is 4. The fraction of sp³-hybridized carbons (Fsp3) is 0.409. The fourth-order valence-corrected chi connectivity index (χ4v) is 4.07. The van der Waals surface area contributed by atoms with E-state index in [1.54, 1.807) is 12.3 Å². The molecule has 31 heavy (non-hydrogen) atoms. The van der Waals surface area contributed by atoms with Crippen molar-refractivity contribution in [3.63, 3.8) is 0 Å². The van der Waals surface area contributed by atoms with Crippen LogP contribution >= 0.6 is 21.0 Å². The standard InChI is InChI=1S/C21H23F3N3S.CH3.ClH.Ru/c1-2-3-4-5-6-16-9-10-17(28-16)8-7-15-11-12-25-18(13-15)19-14-20(27-26-19)21(22,23)24;;;/h9-14H,2-8H2,1H3;1H3;1H;/q2*-1;;+3/p-1. The van der Waals surface area contributed by atoms with Gasteiger partial charge in [-0.1, -0.05) is 31.9 Å². The molecular formula is C22H26ClF3N3RuS. The summed E-state index contributed by atoms with van der Waals surface area (Å²) in [6.45, 7) is 2.22. The van der Waals surface area contributed by atoms with Crippen molar-refractivity contribution in [1.82, 2.24) is 15.2 Å². The van der Waals surface area contributed by atoms with Crippen molar-refractivity contribution >= 4 is 21.0 Å². The molecule has 0 amide bonds. The molecule has 171 valence electrons. The van der Waals surface area contributed by atoms with Crippen molar-refractivity contribution in [3.05, 3.63) is 65.0 Å². The Balaban J connectivity index is 0.00000156. The Kier molecular flexibility index (Phi) is 12.6. The van der Waals surface area contributed by atoms with E-state index in [0.717, 1.165) is 30.9 Å². The van der Waals surface area contributed by atoms with E-state index in [4.69, 9.17) is 0 Å². The van der Waals surface area contributed by atoms with E-state index >= 15 is 0 Å². The number of rotatable bonds is 9. The van der Waals surface area contributed by atoms with Gasteiger partial charge in [0, 0.05) is 21.6 Å². The molecule has 3 heterocycles. The monoisotopic (exact) mass is 558 g/mol. The van der Waals surface area contributed by atoms with Gasteiger partial charge in [-0.05, 0) is 61.6 Å². The number of hydrogen-bond acceptors (Lipinski definition) is 3. The Morgan fingerprint density at radius 1 is 1.00 bits per heavy atom. The molecule has 0 aromatic carbocycles. The molecule has 0 atom stereocenters. The summed E-state index contributed by atoms with van der Waals surface area (Å²) in [5.74, 6) is 0. The van der Waals surface area contributed by atoms with Crippen molar-refractivity contribution < 1.29 is 30.5 Å². The zero-order valence-electron chi connectivity index (χ0n) is 17.5. The summed E-state index contributed by atoms with van der Waals surface area (Å²) < 4.78 is 38.1. The van der Waals surface area contributed by atoms with Crippen LogP contribution in [0.25, 0.3) is 11.4 Å². The molecule has 3 aromatic heterocycles. The third-order valence-electron chi connectivity index (χ3n) is 4.57. The van der Waals surface area contributed by atoms with Gasteiger partial charge >= 0.3 is 33.2 Å². The van der Waals surface area contributed by atoms with E-state index < -0.39 is 11.9 Å². The average molecular weight is 558 g/mol. The van der Waals surface area contributed by atoms with Crippen LogP contribution in [0.3, 0.4) is 0 Å². The van der Waals surface area contributed by atoms with E-state index in [9.17, 15) is 13.2 Å². The predicted octanol–water partition coefficient (Wildman–Crippen LogP) is 7.23. The van der Waals surface area contributed by atoms with Crippen molar-refractivity contribution in [2.75, 3.05) is 0 Å². The van der Waals surface area contributed by atoms with E-state index in [0.29, 0.717) is 5.69 Å². The van der Waals surface area contributed by atoms with Gasteiger partial charge in [-0.2, -0.15) is 13.2 Å². The number of nitrogens with zero attached hydrogens (tertiary/aromatic N) is 3. The first-order valence-electron chi connectivity index (χ1n) is 9.69. The second-order valence-corrected chi connectivity index (χ2v) is 8.09. The fourth-order valence-electron chi connectivity index (χ4n) is 3.01. The Labute approximate surface area is 200 Å². The Morgan fingerprint density at radius 2 is 1.71 bits per heavy atom. The van der Waals surface area contributed by atoms with E-state index in [1.807, 2.05) is 34.7 Å². The number of pyridine rings is 1. The number of aryl methyl sites for hydroxylation is 3.